The summed E-state index contributed by atoms with van der Waals surface area (Å²) in [4.78, 5) is 21.0. The fraction of sp³-hybridized carbons (Fsp3) is 0.750. The zero-order chi connectivity index (χ0) is 12.8. The summed E-state index contributed by atoms with van der Waals surface area (Å²) in [6.45, 7) is 0.319. The maximum atomic E-state index is 11.8. The van der Waals surface area contributed by atoms with Crippen LogP contribution in [0.1, 0.15) is 19.3 Å². The number of carboxylic acid groups (broad SMARTS) is 1. The van der Waals surface area contributed by atoms with Crippen LogP contribution in [0.3, 0.4) is 0 Å². The molecule has 0 saturated heterocycles. The Hall–Kier alpha value is -1.31. The van der Waals surface area contributed by atoms with Crippen molar-refractivity contribution in [2.24, 2.45) is 5.73 Å². The molecule has 1 unspecified atom stereocenters. The summed E-state index contributed by atoms with van der Waals surface area (Å²) in [5, 5.41) is 9.98. The molecule has 0 rings (SSSR count). The summed E-state index contributed by atoms with van der Waals surface area (Å²) in [5.41, 5.74) is 5.15. The molecule has 4 N–H and O–H groups in total. The van der Waals surface area contributed by atoms with Gasteiger partial charge in [-0.1, -0.05) is 0 Å². The van der Waals surface area contributed by atoms with E-state index in [1.165, 1.54) is 5.32 Å². The molecule has 0 aromatic heterocycles. The molecule has 94 valence electrons. The molecule has 0 aliphatic rings. The Morgan fingerprint density at radius 2 is 1.88 bits per heavy atom. The maximum absolute atomic E-state index is 11.8. The van der Waals surface area contributed by atoms with Gasteiger partial charge in [-0.2, -0.15) is 13.2 Å². The number of carboxylic acids is 1. The van der Waals surface area contributed by atoms with E-state index in [0.717, 1.165) is 0 Å². The van der Waals surface area contributed by atoms with Crippen LogP contribution in [-0.4, -0.2) is 35.7 Å². The largest absolute Gasteiger partial charge is 0.480 e. The smallest absolute Gasteiger partial charge is 0.471 e. The van der Waals surface area contributed by atoms with Crippen LogP contribution >= 0.6 is 0 Å². The first-order valence-corrected chi connectivity index (χ1v) is 4.59. The van der Waals surface area contributed by atoms with Gasteiger partial charge in [0.2, 0.25) is 0 Å². The Kier molecular flexibility index (Phi) is 5.79. The Labute approximate surface area is 89.8 Å². The average Bonchev–Trinajstić information content (AvgIpc) is 2.14. The van der Waals surface area contributed by atoms with Gasteiger partial charge < -0.3 is 16.2 Å². The van der Waals surface area contributed by atoms with Gasteiger partial charge in [0.25, 0.3) is 0 Å². The fourth-order valence-electron chi connectivity index (χ4n) is 0.990. The first-order valence-electron chi connectivity index (χ1n) is 4.59. The molecule has 16 heavy (non-hydrogen) atoms. The lowest BCUT2D eigenvalue weighted by molar-refractivity contribution is -0.175. The van der Waals surface area contributed by atoms with Gasteiger partial charge in [-0.05, 0) is 25.8 Å². The van der Waals surface area contributed by atoms with Crippen LogP contribution in [0, 0.1) is 0 Å². The molecule has 0 saturated carbocycles. The van der Waals surface area contributed by atoms with E-state index in [4.69, 9.17) is 10.8 Å². The highest BCUT2D eigenvalue weighted by Gasteiger charge is 2.40. The topological polar surface area (TPSA) is 92.4 Å². The van der Waals surface area contributed by atoms with Gasteiger partial charge in [0, 0.05) is 0 Å². The van der Waals surface area contributed by atoms with Crippen LogP contribution in [0.4, 0.5) is 13.2 Å². The zero-order valence-electron chi connectivity index (χ0n) is 8.38. The van der Waals surface area contributed by atoms with E-state index < -0.39 is 24.1 Å². The van der Waals surface area contributed by atoms with Gasteiger partial charge in [0.1, 0.15) is 6.04 Å². The number of nitrogens with one attached hydrogen (secondary N) is 1. The molecule has 1 atom stereocenters. The lowest BCUT2D eigenvalue weighted by Crippen LogP contribution is -2.46. The standard InChI is InChI=1S/C8H13F3N2O3/c9-8(10,11)7(16)13-5(6(14)15)3-1-2-4-12/h5H,1-4,12H2,(H,13,16)(H,14,15). The Morgan fingerprint density at radius 3 is 2.25 bits per heavy atom. The summed E-state index contributed by atoms with van der Waals surface area (Å²) in [7, 11) is 0. The molecule has 0 aromatic rings. The van der Waals surface area contributed by atoms with Crippen LogP contribution in [0.15, 0.2) is 0 Å². The molecule has 1 amide bonds. The normalized spacial score (nSPS) is 13.2. The van der Waals surface area contributed by atoms with Gasteiger partial charge >= 0.3 is 18.1 Å². The van der Waals surface area contributed by atoms with Crippen molar-refractivity contribution < 1.29 is 27.9 Å². The highest BCUT2D eigenvalue weighted by Crippen LogP contribution is 2.15. The third-order valence-electron chi connectivity index (χ3n) is 1.81. The van der Waals surface area contributed by atoms with E-state index in [1.54, 1.807) is 0 Å². The Morgan fingerprint density at radius 1 is 1.31 bits per heavy atom. The number of carbonyl (C=O) groups excluding carboxylic acids is 1. The minimum absolute atomic E-state index is 0.0750. The van der Waals surface area contributed by atoms with Crippen LogP contribution in [0.5, 0.6) is 0 Å². The van der Waals surface area contributed by atoms with Crippen LogP contribution in [0.2, 0.25) is 0 Å². The first-order chi connectivity index (χ1) is 7.29. The fourth-order valence-corrected chi connectivity index (χ4v) is 0.990. The number of carbonyl (C=O) groups is 2. The van der Waals surface area contributed by atoms with Gasteiger partial charge in [0.05, 0.1) is 0 Å². The molecular weight excluding hydrogens is 229 g/mol. The number of alkyl halides is 3. The number of aliphatic carboxylic acids is 1. The molecule has 5 nitrogen and oxygen atoms in total. The van der Waals surface area contributed by atoms with E-state index in [2.05, 4.69) is 0 Å². The van der Waals surface area contributed by atoms with E-state index in [1.807, 2.05) is 0 Å². The van der Waals surface area contributed by atoms with Crippen molar-refractivity contribution in [2.45, 2.75) is 31.5 Å². The number of amides is 1. The molecular formula is C8H13F3N2O3. The maximum Gasteiger partial charge on any atom is 0.471 e. The summed E-state index contributed by atoms with van der Waals surface area (Å²) >= 11 is 0. The van der Waals surface area contributed by atoms with Gasteiger partial charge in [-0.25, -0.2) is 4.79 Å². The van der Waals surface area contributed by atoms with Crippen LogP contribution in [0.25, 0.3) is 0 Å². The van der Waals surface area contributed by atoms with Crippen molar-refractivity contribution in [3.63, 3.8) is 0 Å². The third kappa shape index (κ3) is 5.54. The number of hydrogen-bond donors (Lipinski definition) is 3. The van der Waals surface area contributed by atoms with Crippen molar-refractivity contribution in [1.82, 2.24) is 5.32 Å². The summed E-state index contributed by atoms with van der Waals surface area (Å²) < 4.78 is 35.5. The van der Waals surface area contributed by atoms with E-state index in [9.17, 15) is 22.8 Å². The summed E-state index contributed by atoms with van der Waals surface area (Å²) in [6, 6.07) is -1.53. The average molecular weight is 242 g/mol. The molecule has 0 spiro atoms. The predicted molar refractivity (Wildman–Crippen MR) is 48.5 cm³/mol. The second-order valence-electron chi connectivity index (χ2n) is 3.15. The number of unbranched alkanes of at least 4 members (excludes halogenated alkanes) is 1. The zero-order valence-corrected chi connectivity index (χ0v) is 8.38. The van der Waals surface area contributed by atoms with Crippen molar-refractivity contribution in [3.05, 3.63) is 0 Å². The molecule has 0 fully saturated rings. The molecule has 0 bridgehead atoms. The van der Waals surface area contributed by atoms with Crippen molar-refractivity contribution in [1.29, 1.82) is 0 Å². The summed E-state index contributed by atoms with van der Waals surface area (Å²) in [6.07, 6.45) is -4.31. The van der Waals surface area contributed by atoms with Crippen molar-refractivity contribution in [2.75, 3.05) is 6.54 Å². The Balaban J connectivity index is 4.24. The van der Waals surface area contributed by atoms with E-state index in [0.29, 0.717) is 19.4 Å². The first kappa shape index (κ1) is 14.7. The summed E-state index contributed by atoms with van der Waals surface area (Å²) in [5.74, 6) is -3.73. The molecule has 8 heteroatoms. The second-order valence-corrected chi connectivity index (χ2v) is 3.15. The molecule has 0 aliphatic carbocycles. The van der Waals surface area contributed by atoms with Gasteiger partial charge in [0.15, 0.2) is 0 Å². The van der Waals surface area contributed by atoms with Crippen molar-refractivity contribution in [3.8, 4) is 0 Å². The highest BCUT2D eigenvalue weighted by atomic mass is 19.4. The van der Waals surface area contributed by atoms with Crippen molar-refractivity contribution >= 4 is 11.9 Å². The highest BCUT2D eigenvalue weighted by molar-refractivity contribution is 5.86. The number of halogens is 3. The van der Waals surface area contributed by atoms with Crippen LogP contribution in [-0.2, 0) is 9.59 Å². The number of nitrogens with two attached hydrogens (primary N) is 1. The van der Waals surface area contributed by atoms with Gasteiger partial charge in [-0.3, -0.25) is 4.79 Å². The molecule has 0 aromatic carbocycles. The Bertz CT molecular complexity index is 255. The lowest BCUT2D eigenvalue weighted by Gasteiger charge is -2.15. The van der Waals surface area contributed by atoms with E-state index >= 15 is 0 Å². The van der Waals surface area contributed by atoms with Gasteiger partial charge in [-0.15, -0.1) is 0 Å². The molecule has 0 aliphatic heterocycles. The quantitative estimate of drug-likeness (QED) is 0.582. The SMILES string of the molecule is NCCCCC(NC(=O)C(F)(F)F)C(=O)O. The minimum atomic E-state index is -5.07. The molecule has 0 heterocycles. The third-order valence-corrected chi connectivity index (χ3v) is 1.81. The number of rotatable bonds is 6. The lowest BCUT2D eigenvalue weighted by atomic mass is 10.1. The monoisotopic (exact) mass is 242 g/mol. The minimum Gasteiger partial charge on any atom is -0.480 e. The molecule has 0 radical (unpaired) electrons. The number of hydrogen-bond acceptors (Lipinski definition) is 3. The van der Waals surface area contributed by atoms with E-state index in [-0.39, 0.29) is 6.42 Å². The predicted octanol–water partition coefficient (Wildman–Crippen LogP) is 0.247. The second kappa shape index (κ2) is 6.31. The van der Waals surface area contributed by atoms with Crippen LogP contribution < -0.4 is 11.1 Å².